The lowest BCUT2D eigenvalue weighted by Gasteiger charge is -2.31. The second kappa shape index (κ2) is 3.80. The monoisotopic (exact) mass is 298 g/mol. The normalized spacial score (nSPS) is 37.2. The molecule has 0 heteroatoms. The quantitative estimate of drug-likeness (QED) is 0.557. The zero-order valence-corrected chi connectivity index (χ0v) is 13.6. The van der Waals surface area contributed by atoms with Gasteiger partial charge in [0.25, 0.3) is 0 Å². The minimum Gasteiger partial charge on any atom is -0.0845 e. The van der Waals surface area contributed by atoms with Crippen LogP contribution in [0, 0.1) is 23.2 Å². The van der Waals surface area contributed by atoms with Crippen LogP contribution in [0.3, 0.4) is 0 Å². The van der Waals surface area contributed by atoms with Gasteiger partial charge in [-0.2, -0.15) is 0 Å². The van der Waals surface area contributed by atoms with Crippen LogP contribution in [-0.4, -0.2) is 0 Å². The Balaban J connectivity index is 1.58. The molecule has 6 rings (SSSR count). The first kappa shape index (κ1) is 12.6. The molecular formula is C23H22. The van der Waals surface area contributed by atoms with Crippen LogP contribution in [0.1, 0.15) is 37.3 Å². The first-order chi connectivity index (χ1) is 11.2. The second-order valence-electron chi connectivity index (χ2n) is 8.58. The predicted molar refractivity (Wildman–Crippen MR) is 94.2 cm³/mol. The Morgan fingerprint density at radius 1 is 0.826 bits per heavy atom. The Labute approximate surface area is 138 Å². The molecule has 23 heavy (non-hydrogen) atoms. The fourth-order valence-corrected chi connectivity index (χ4v) is 6.74. The second-order valence-corrected chi connectivity index (χ2v) is 8.58. The number of hydrogen-bond acceptors (Lipinski definition) is 0. The molecule has 2 bridgehead atoms. The SMILES string of the molecule is CC12C=CC(C1)C1CC3(CC12)c1ccccc1-c1ccccc13. The van der Waals surface area contributed by atoms with E-state index >= 15 is 0 Å². The molecule has 0 heterocycles. The Hall–Kier alpha value is -1.82. The number of fused-ring (bicyclic) bond motifs is 10. The van der Waals surface area contributed by atoms with Gasteiger partial charge in [-0.3, -0.25) is 0 Å². The molecule has 0 nitrogen and oxygen atoms in total. The van der Waals surface area contributed by atoms with Crippen molar-refractivity contribution in [1.82, 2.24) is 0 Å². The van der Waals surface area contributed by atoms with E-state index < -0.39 is 0 Å². The number of hydrogen-bond donors (Lipinski definition) is 0. The minimum absolute atomic E-state index is 0.286. The maximum atomic E-state index is 2.55. The van der Waals surface area contributed by atoms with Crippen LogP contribution in [0.15, 0.2) is 60.7 Å². The molecule has 2 aromatic rings. The molecule has 0 saturated heterocycles. The molecule has 2 saturated carbocycles. The molecule has 0 N–H and O–H groups in total. The van der Waals surface area contributed by atoms with Gasteiger partial charge in [0, 0.05) is 5.41 Å². The fourth-order valence-electron chi connectivity index (χ4n) is 6.74. The molecular weight excluding hydrogens is 276 g/mol. The Kier molecular flexibility index (Phi) is 2.08. The van der Waals surface area contributed by atoms with Crippen LogP contribution in [0.2, 0.25) is 0 Å². The number of benzene rings is 2. The summed E-state index contributed by atoms with van der Waals surface area (Å²) < 4.78 is 0. The smallest absolute Gasteiger partial charge is 0.0221 e. The Bertz CT molecular complexity index is 812. The van der Waals surface area contributed by atoms with Crippen molar-refractivity contribution in [3.05, 3.63) is 71.8 Å². The lowest BCUT2D eigenvalue weighted by molar-refractivity contribution is 0.270. The van der Waals surface area contributed by atoms with Crippen molar-refractivity contribution in [3.63, 3.8) is 0 Å². The average molecular weight is 298 g/mol. The molecule has 0 radical (unpaired) electrons. The lowest BCUT2D eigenvalue weighted by Crippen LogP contribution is -2.25. The van der Waals surface area contributed by atoms with E-state index in [1.54, 1.807) is 11.1 Å². The van der Waals surface area contributed by atoms with Crippen molar-refractivity contribution in [2.45, 2.75) is 31.6 Å². The average Bonchev–Trinajstić information content (AvgIpc) is 3.29. The van der Waals surface area contributed by atoms with Crippen molar-refractivity contribution in [1.29, 1.82) is 0 Å². The summed E-state index contributed by atoms with van der Waals surface area (Å²) in [5, 5.41) is 0. The van der Waals surface area contributed by atoms with Gasteiger partial charge in [-0.1, -0.05) is 67.6 Å². The molecule has 4 unspecified atom stereocenters. The van der Waals surface area contributed by atoms with Crippen LogP contribution in [-0.2, 0) is 5.41 Å². The van der Waals surface area contributed by atoms with Gasteiger partial charge >= 0.3 is 0 Å². The van der Waals surface area contributed by atoms with Crippen LogP contribution in [0.5, 0.6) is 0 Å². The summed E-state index contributed by atoms with van der Waals surface area (Å²) in [5.74, 6) is 2.60. The van der Waals surface area contributed by atoms with E-state index in [1.807, 2.05) is 0 Å². The summed E-state index contributed by atoms with van der Waals surface area (Å²) in [6.45, 7) is 2.51. The van der Waals surface area contributed by atoms with Crippen molar-refractivity contribution in [3.8, 4) is 11.1 Å². The van der Waals surface area contributed by atoms with Crippen molar-refractivity contribution in [2.24, 2.45) is 23.2 Å². The van der Waals surface area contributed by atoms with E-state index in [9.17, 15) is 0 Å². The summed E-state index contributed by atoms with van der Waals surface area (Å²) in [7, 11) is 0. The maximum absolute atomic E-state index is 2.55. The first-order valence-corrected chi connectivity index (χ1v) is 9.10. The van der Waals surface area contributed by atoms with Gasteiger partial charge in [0.05, 0.1) is 0 Å². The van der Waals surface area contributed by atoms with Gasteiger partial charge in [-0.15, -0.1) is 0 Å². The van der Waals surface area contributed by atoms with Gasteiger partial charge in [0.15, 0.2) is 0 Å². The molecule has 0 amide bonds. The first-order valence-electron chi connectivity index (χ1n) is 9.10. The van der Waals surface area contributed by atoms with E-state index in [-0.39, 0.29) is 5.41 Å². The molecule has 114 valence electrons. The fraction of sp³-hybridized carbons (Fsp3) is 0.391. The Morgan fingerprint density at radius 2 is 1.48 bits per heavy atom. The topological polar surface area (TPSA) is 0 Å². The molecule has 2 fully saturated rings. The van der Waals surface area contributed by atoms with Crippen LogP contribution < -0.4 is 0 Å². The third-order valence-corrected chi connectivity index (χ3v) is 7.64. The number of allylic oxidation sites excluding steroid dienone is 2. The summed E-state index contributed by atoms with van der Waals surface area (Å²) in [6.07, 6.45) is 9.19. The van der Waals surface area contributed by atoms with Crippen molar-refractivity contribution >= 4 is 0 Å². The van der Waals surface area contributed by atoms with Gasteiger partial charge in [-0.05, 0) is 64.7 Å². The van der Waals surface area contributed by atoms with Crippen LogP contribution >= 0.6 is 0 Å². The summed E-state index contributed by atoms with van der Waals surface area (Å²) in [5.41, 5.74) is 6.96. The van der Waals surface area contributed by atoms with Crippen molar-refractivity contribution in [2.75, 3.05) is 0 Å². The van der Waals surface area contributed by atoms with E-state index in [1.165, 1.54) is 30.4 Å². The molecule has 4 atom stereocenters. The summed E-state index contributed by atoms with van der Waals surface area (Å²) in [6, 6.07) is 18.4. The van der Waals surface area contributed by atoms with Crippen LogP contribution in [0.25, 0.3) is 11.1 Å². The third kappa shape index (κ3) is 1.32. The molecule has 1 spiro atoms. The standard InChI is InChI=1S/C23H22/c1-22-11-10-15(12-22)18-13-23(14-21(18)22)19-8-4-2-6-16(19)17-7-3-5-9-20(17)23/h2-11,15,18,21H,12-14H2,1H3. The highest BCUT2D eigenvalue weighted by molar-refractivity contribution is 5.81. The van der Waals surface area contributed by atoms with E-state index in [0.29, 0.717) is 5.41 Å². The molecule has 0 aromatic heterocycles. The molecule has 4 aliphatic carbocycles. The highest BCUT2D eigenvalue weighted by Crippen LogP contribution is 2.70. The van der Waals surface area contributed by atoms with Crippen molar-refractivity contribution < 1.29 is 0 Å². The van der Waals surface area contributed by atoms with Crippen LogP contribution in [0.4, 0.5) is 0 Å². The molecule has 0 aliphatic heterocycles. The lowest BCUT2D eigenvalue weighted by atomic mass is 9.72. The zero-order chi connectivity index (χ0) is 15.2. The highest BCUT2D eigenvalue weighted by atomic mass is 14.7. The predicted octanol–water partition coefficient (Wildman–Crippen LogP) is 5.58. The number of rotatable bonds is 0. The summed E-state index contributed by atoms with van der Waals surface area (Å²) >= 11 is 0. The van der Waals surface area contributed by atoms with Gasteiger partial charge in [0.2, 0.25) is 0 Å². The maximum Gasteiger partial charge on any atom is 0.0221 e. The van der Waals surface area contributed by atoms with Gasteiger partial charge in [-0.25, -0.2) is 0 Å². The van der Waals surface area contributed by atoms with Gasteiger partial charge in [0.1, 0.15) is 0 Å². The molecule has 4 aliphatic rings. The van der Waals surface area contributed by atoms with E-state index in [4.69, 9.17) is 0 Å². The third-order valence-electron chi connectivity index (χ3n) is 7.64. The van der Waals surface area contributed by atoms with Gasteiger partial charge < -0.3 is 0 Å². The Morgan fingerprint density at radius 3 is 2.13 bits per heavy atom. The minimum atomic E-state index is 0.286. The molecule has 2 aromatic carbocycles. The zero-order valence-electron chi connectivity index (χ0n) is 13.6. The largest absolute Gasteiger partial charge is 0.0845 e. The van der Waals surface area contributed by atoms with E-state index in [2.05, 4.69) is 67.6 Å². The summed E-state index contributed by atoms with van der Waals surface area (Å²) in [4.78, 5) is 0. The highest BCUT2D eigenvalue weighted by Gasteiger charge is 2.62. The van der Waals surface area contributed by atoms with E-state index in [0.717, 1.165) is 17.8 Å².